The zero-order valence-electron chi connectivity index (χ0n) is 14.5. The van der Waals surface area contributed by atoms with E-state index in [-0.39, 0.29) is 5.56 Å². The van der Waals surface area contributed by atoms with Gasteiger partial charge < -0.3 is 24.3 Å². The minimum Gasteiger partial charge on any atom is -0.493 e. The van der Waals surface area contributed by atoms with Gasteiger partial charge in [0.1, 0.15) is 18.8 Å². The Labute approximate surface area is 151 Å². The van der Waals surface area contributed by atoms with E-state index >= 15 is 0 Å². The molecule has 1 saturated carbocycles. The summed E-state index contributed by atoms with van der Waals surface area (Å²) in [5, 5.41) is 12.0. The first-order valence-electron chi connectivity index (χ1n) is 8.44. The molecule has 1 heterocycles. The Morgan fingerprint density at radius 2 is 2.00 bits per heavy atom. The van der Waals surface area contributed by atoms with Crippen molar-refractivity contribution in [2.24, 2.45) is 0 Å². The van der Waals surface area contributed by atoms with Crippen LogP contribution >= 0.6 is 0 Å². The van der Waals surface area contributed by atoms with Crippen molar-refractivity contribution >= 4 is 11.9 Å². The number of rotatable bonds is 5. The number of nitrogens with zero attached hydrogens (tertiary/aromatic N) is 1. The molecule has 1 fully saturated rings. The van der Waals surface area contributed by atoms with Gasteiger partial charge in [-0.25, -0.2) is 4.79 Å². The molecule has 1 aromatic carbocycles. The third kappa shape index (κ3) is 3.67. The predicted molar refractivity (Wildman–Crippen MR) is 89.2 cm³/mol. The first kappa shape index (κ1) is 17.9. The molecule has 0 bridgehead atoms. The Balaban J connectivity index is 1.63. The lowest BCUT2D eigenvalue weighted by atomic mass is 10.00. The van der Waals surface area contributed by atoms with Crippen molar-refractivity contribution in [3.63, 3.8) is 0 Å². The van der Waals surface area contributed by atoms with Crippen molar-refractivity contribution in [3.8, 4) is 23.3 Å². The number of hydrogen-bond donors (Lipinski definition) is 1. The maximum Gasteiger partial charge on any atom is 0.338 e. The summed E-state index contributed by atoms with van der Waals surface area (Å²) in [5.41, 5.74) is -0.654. The molecule has 1 aliphatic carbocycles. The smallest absolute Gasteiger partial charge is 0.338 e. The van der Waals surface area contributed by atoms with Gasteiger partial charge in [0.25, 0.3) is 5.91 Å². The molecule has 8 nitrogen and oxygen atoms in total. The fourth-order valence-electron chi connectivity index (χ4n) is 3.15. The largest absolute Gasteiger partial charge is 0.493 e. The fourth-order valence-corrected chi connectivity index (χ4v) is 3.15. The second-order valence-corrected chi connectivity index (χ2v) is 6.23. The van der Waals surface area contributed by atoms with Crippen LogP contribution in [-0.4, -0.2) is 44.3 Å². The molecule has 2 aliphatic rings. The number of esters is 1. The maximum atomic E-state index is 12.3. The van der Waals surface area contributed by atoms with Crippen LogP contribution in [0.2, 0.25) is 0 Å². The number of nitriles is 1. The number of fused-ring (bicyclic) bond motifs is 1. The lowest BCUT2D eigenvalue weighted by molar-refractivity contribution is -0.125. The Bertz CT molecular complexity index is 732. The average Bonchev–Trinajstić information content (AvgIpc) is 3.14. The van der Waals surface area contributed by atoms with Crippen LogP contribution in [-0.2, 0) is 9.53 Å². The summed E-state index contributed by atoms with van der Waals surface area (Å²) in [6, 6.07) is 5.12. The lowest BCUT2D eigenvalue weighted by Crippen LogP contribution is -2.46. The van der Waals surface area contributed by atoms with Crippen molar-refractivity contribution in [1.82, 2.24) is 5.32 Å². The summed E-state index contributed by atoms with van der Waals surface area (Å²) in [7, 11) is 1.46. The summed E-state index contributed by atoms with van der Waals surface area (Å²) < 4.78 is 21.2. The Kier molecular flexibility index (Phi) is 5.16. The number of nitrogens with one attached hydrogen (secondary N) is 1. The molecule has 0 aromatic heterocycles. The summed E-state index contributed by atoms with van der Waals surface area (Å²) >= 11 is 0. The van der Waals surface area contributed by atoms with E-state index in [2.05, 4.69) is 11.4 Å². The highest BCUT2D eigenvalue weighted by Crippen LogP contribution is 2.40. The molecule has 0 unspecified atom stereocenters. The van der Waals surface area contributed by atoms with Crippen molar-refractivity contribution in [1.29, 1.82) is 5.26 Å². The van der Waals surface area contributed by atoms with Gasteiger partial charge in [0.05, 0.1) is 18.7 Å². The molecule has 0 atom stereocenters. The number of benzene rings is 1. The van der Waals surface area contributed by atoms with Gasteiger partial charge in [0.2, 0.25) is 5.75 Å². The summed E-state index contributed by atoms with van der Waals surface area (Å²) in [5.74, 6) is -0.00113. The van der Waals surface area contributed by atoms with Gasteiger partial charge in [-0.2, -0.15) is 5.26 Å². The standard InChI is InChI=1S/C18H20N2O6/c1-23-13-8-12(9-14-16(13)25-7-6-24-14)17(22)26-10-15(21)20-18(11-19)4-2-3-5-18/h8-9H,2-7,10H2,1H3,(H,20,21). The molecular weight excluding hydrogens is 340 g/mol. The minimum absolute atomic E-state index is 0.190. The topological polar surface area (TPSA) is 107 Å². The van der Waals surface area contributed by atoms with Gasteiger partial charge in [-0.1, -0.05) is 0 Å². The molecule has 138 valence electrons. The van der Waals surface area contributed by atoms with Crippen molar-refractivity contribution < 1.29 is 28.5 Å². The number of carbonyl (C=O) groups is 2. The third-order valence-electron chi connectivity index (χ3n) is 4.45. The molecular formula is C18H20N2O6. The van der Waals surface area contributed by atoms with Gasteiger partial charge in [0.15, 0.2) is 18.1 Å². The Morgan fingerprint density at radius 3 is 2.69 bits per heavy atom. The number of methoxy groups -OCH3 is 1. The van der Waals surface area contributed by atoms with Crippen molar-refractivity contribution in [2.75, 3.05) is 26.9 Å². The predicted octanol–water partition coefficient (Wildman–Crippen LogP) is 1.58. The number of ether oxygens (including phenoxy) is 4. The lowest BCUT2D eigenvalue weighted by Gasteiger charge is -2.22. The van der Waals surface area contributed by atoms with E-state index < -0.39 is 24.0 Å². The minimum atomic E-state index is -0.844. The summed E-state index contributed by atoms with van der Waals surface area (Å²) in [6.45, 7) is 0.306. The zero-order valence-corrected chi connectivity index (χ0v) is 14.5. The molecule has 26 heavy (non-hydrogen) atoms. The fraction of sp³-hybridized carbons (Fsp3) is 0.500. The summed E-state index contributed by atoms with van der Waals surface area (Å²) in [4.78, 5) is 24.3. The molecule has 0 saturated heterocycles. The zero-order chi connectivity index (χ0) is 18.6. The average molecular weight is 360 g/mol. The van der Waals surface area contributed by atoms with E-state index in [4.69, 9.17) is 18.9 Å². The molecule has 0 radical (unpaired) electrons. The van der Waals surface area contributed by atoms with E-state index in [1.807, 2.05) is 0 Å². The van der Waals surface area contributed by atoms with E-state index in [0.29, 0.717) is 43.3 Å². The van der Waals surface area contributed by atoms with Gasteiger partial charge in [-0.3, -0.25) is 4.79 Å². The van der Waals surface area contributed by atoms with Crippen LogP contribution in [0, 0.1) is 11.3 Å². The highest BCUT2D eigenvalue weighted by atomic mass is 16.6. The highest BCUT2D eigenvalue weighted by molar-refractivity contribution is 5.93. The van der Waals surface area contributed by atoms with Crippen LogP contribution in [0.15, 0.2) is 12.1 Å². The number of hydrogen-bond acceptors (Lipinski definition) is 7. The van der Waals surface area contributed by atoms with E-state index in [9.17, 15) is 14.9 Å². The number of amides is 1. The van der Waals surface area contributed by atoms with Crippen LogP contribution in [0.1, 0.15) is 36.0 Å². The molecule has 1 amide bonds. The molecule has 0 spiro atoms. The normalized spacial score (nSPS) is 17.1. The molecule has 3 rings (SSSR count). The highest BCUT2D eigenvalue weighted by Gasteiger charge is 2.35. The summed E-state index contributed by atoms with van der Waals surface area (Å²) in [6.07, 6.45) is 3.01. The molecule has 1 N–H and O–H groups in total. The monoisotopic (exact) mass is 360 g/mol. The van der Waals surface area contributed by atoms with Crippen LogP contribution in [0.5, 0.6) is 17.2 Å². The van der Waals surface area contributed by atoms with Crippen LogP contribution in [0.3, 0.4) is 0 Å². The van der Waals surface area contributed by atoms with E-state index in [1.165, 1.54) is 19.2 Å². The van der Waals surface area contributed by atoms with Gasteiger partial charge in [-0.15, -0.1) is 0 Å². The first-order valence-corrected chi connectivity index (χ1v) is 8.44. The molecule has 8 heteroatoms. The van der Waals surface area contributed by atoms with Gasteiger partial charge >= 0.3 is 5.97 Å². The Hall–Kier alpha value is -2.95. The number of carbonyl (C=O) groups excluding carboxylic acids is 2. The third-order valence-corrected chi connectivity index (χ3v) is 4.45. The second kappa shape index (κ2) is 7.52. The van der Waals surface area contributed by atoms with Crippen molar-refractivity contribution in [2.45, 2.75) is 31.2 Å². The molecule has 1 aromatic rings. The SMILES string of the molecule is COc1cc(C(=O)OCC(=O)NC2(C#N)CCCC2)cc2c1OCCO2. The van der Waals surface area contributed by atoms with Gasteiger partial charge in [0, 0.05) is 0 Å². The first-order chi connectivity index (χ1) is 12.6. The van der Waals surface area contributed by atoms with E-state index in [0.717, 1.165) is 12.8 Å². The van der Waals surface area contributed by atoms with E-state index in [1.54, 1.807) is 0 Å². The molecule has 1 aliphatic heterocycles. The Morgan fingerprint density at radius 1 is 1.27 bits per heavy atom. The maximum absolute atomic E-state index is 12.3. The second-order valence-electron chi connectivity index (χ2n) is 6.23. The van der Waals surface area contributed by atoms with Gasteiger partial charge in [-0.05, 0) is 37.8 Å². The van der Waals surface area contributed by atoms with Crippen LogP contribution < -0.4 is 19.5 Å². The van der Waals surface area contributed by atoms with Crippen LogP contribution in [0.25, 0.3) is 0 Å². The quantitative estimate of drug-likeness (QED) is 0.794. The van der Waals surface area contributed by atoms with Crippen LogP contribution in [0.4, 0.5) is 0 Å². The van der Waals surface area contributed by atoms with Crippen molar-refractivity contribution in [3.05, 3.63) is 17.7 Å².